The van der Waals surface area contributed by atoms with Crippen molar-refractivity contribution in [2.75, 3.05) is 24.6 Å². The molecule has 1 N–H and O–H groups in total. The molecular formula is C15H21NOS. The smallest absolute Gasteiger partial charge is 0.0716 e. The van der Waals surface area contributed by atoms with E-state index in [0.717, 1.165) is 31.1 Å². The summed E-state index contributed by atoms with van der Waals surface area (Å²) < 4.78 is 0. The van der Waals surface area contributed by atoms with Crippen LogP contribution in [0.2, 0.25) is 0 Å². The molecule has 0 radical (unpaired) electrons. The second kappa shape index (κ2) is 4.87. The molecule has 1 aromatic carbocycles. The maximum absolute atomic E-state index is 10.6. The number of rotatable bonds is 2. The molecule has 0 spiro atoms. The zero-order valence-electron chi connectivity index (χ0n) is 10.9. The van der Waals surface area contributed by atoms with Gasteiger partial charge >= 0.3 is 0 Å². The standard InChI is InChI=1S/C15H21NOS/c1-15(17)13-8-16(9-14(15)11-18-10-13)7-12-5-3-2-4-6-12/h2-6,13-14,17H,7-11H2,1H3. The van der Waals surface area contributed by atoms with Gasteiger partial charge in [-0.1, -0.05) is 30.3 Å². The Hall–Kier alpha value is -0.510. The van der Waals surface area contributed by atoms with Gasteiger partial charge in [0, 0.05) is 43.0 Å². The summed E-state index contributed by atoms with van der Waals surface area (Å²) >= 11 is 2.01. The van der Waals surface area contributed by atoms with Crippen LogP contribution in [0, 0.1) is 11.8 Å². The highest BCUT2D eigenvalue weighted by Crippen LogP contribution is 2.41. The summed E-state index contributed by atoms with van der Waals surface area (Å²) in [6.07, 6.45) is 0. The fourth-order valence-corrected chi connectivity index (χ4v) is 4.76. The molecule has 2 atom stereocenters. The Morgan fingerprint density at radius 3 is 2.44 bits per heavy atom. The molecule has 2 heterocycles. The maximum atomic E-state index is 10.6. The van der Waals surface area contributed by atoms with Gasteiger partial charge in [0.25, 0.3) is 0 Å². The first-order valence-corrected chi connectivity index (χ1v) is 7.88. The largest absolute Gasteiger partial charge is 0.389 e. The number of thioether (sulfide) groups is 1. The predicted molar refractivity (Wildman–Crippen MR) is 76.6 cm³/mol. The van der Waals surface area contributed by atoms with Crippen LogP contribution in [0.1, 0.15) is 12.5 Å². The van der Waals surface area contributed by atoms with Gasteiger partial charge in [-0.2, -0.15) is 11.8 Å². The number of fused-ring (bicyclic) bond motifs is 2. The average molecular weight is 263 g/mol. The summed E-state index contributed by atoms with van der Waals surface area (Å²) in [5.74, 6) is 3.07. The van der Waals surface area contributed by atoms with Crippen LogP contribution in [0.4, 0.5) is 0 Å². The van der Waals surface area contributed by atoms with Gasteiger partial charge < -0.3 is 5.11 Å². The Morgan fingerprint density at radius 2 is 1.83 bits per heavy atom. The van der Waals surface area contributed by atoms with E-state index in [9.17, 15) is 5.11 Å². The van der Waals surface area contributed by atoms with Gasteiger partial charge in [-0.25, -0.2) is 0 Å². The third kappa shape index (κ3) is 2.31. The number of aliphatic hydroxyl groups is 1. The summed E-state index contributed by atoms with van der Waals surface area (Å²) in [7, 11) is 0. The third-order valence-electron chi connectivity index (χ3n) is 4.50. The molecule has 0 amide bonds. The number of nitrogens with zero attached hydrogens (tertiary/aromatic N) is 1. The van der Waals surface area contributed by atoms with Crippen molar-refractivity contribution in [3.8, 4) is 0 Å². The Bertz CT molecular complexity index is 390. The molecule has 98 valence electrons. The molecule has 2 unspecified atom stereocenters. The zero-order chi connectivity index (χ0) is 12.6. The summed E-state index contributed by atoms with van der Waals surface area (Å²) in [6, 6.07) is 10.7. The first kappa shape index (κ1) is 12.5. The second-order valence-electron chi connectivity index (χ2n) is 5.84. The molecule has 18 heavy (non-hydrogen) atoms. The Morgan fingerprint density at radius 1 is 1.22 bits per heavy atom. The first-order chi connectivity index (χ1) is 8.66. The molecule has 2 bridgehead atoms. The van der Waals surface area contributed by atoms with Crippen LogP contribution in [-0.4, -0.2) is 40.2 Å². The number of likely N-dealkylation sites (tertiary alicyclic amines) is 1. The van der Waals surface area contributed by atoms with Crippen LogP contribution < -0.4 is 0 Å². The Balaban J connectivity index is 1.70. The lowest BCUT2D eigenvalue weighted by Crippen LogP contribution is -2.60. The lowest BCUT2D eigenvalue weighted by atomic mass is 9.76. The van der Waals surface area contributed by atoms with Crippen molar-refractivity contribution in [2.24, 2.45) is 11.8 Å². The van der Waals surface area contributed by atoms with E-state index in [2.05, 4.69) is 35.2 Å². The highest BCUT2D eigenvalue weighted by molar-refractivity contribution is 7.99. The van der Waals surface area contributed by atoms with Crippen molar-refractivity contribution in [3.63, 3.8) is 0 Å². The fraction of sp³-hybridized carbons (Fsp3) is 0.600. The van der Waals surface area contributed by atoms with Crippen LogP contribution in [-0.2, 0) is 6.54 Å². The maximum Gasteiger partial charge on any atom is 0.0716 e. The molecule has 2 aliphatic heterocycles. The molecule has 3 rings (SSSR count). The minimum Gasteiger partial charge on any atom is -0.389 e. The van der Waals surface area contributed by atoms with E-state index in [1.807, 2.05) is 18.7 Å². The van der Waals surface area contributed by atoms with Gasteiger partial charge in [0.1, 0.15) is 0 Å². The molecule has 2 fully saturated rings. The van der Waals surface area contributed by atoms with Gasteiger partial charge in [-0.05, 0) is 12.5 Å². The van der Waals surface area contributed by atoms with E-state index in [1.54, 1.807) is 0 Å². The normalized spacial score (nSPS) is 36.6. The van der Waals surface area contributed by atoms with E-state index >= 15 is 0 Å². The molecule has 2 nitrogen and oxygen atoms in total. The highest BCUT2D eigenvalue weighted by Gasteiger charge is 2.47. The van der Waals surface area contributed by atoms with Crippen molar-refractivity contribution < 1.29 is 5.11 Å². The molecule has 0 saturated carbocycles. The van der Waals surface area contributed by atoms with E-state index < -0.39 is 5.60 Å². The Labute approximate surface area is 113 Å². The molecule has 2 saturated heterocycles. The topological polar surface area (TPSA) is 23.5 Å². The number of piperidine rings is 1. The summed E-state index contributed by atoms with van der Waals surface area (Å²) in [4.78, 5) is 2.52. The Kier molecular flexibility index (Phi) is 3.39. The highest BCUT2D eigenvalue weighted by atomic mass is 32.2. The molecule has 2 aliphatic rings. The van der Waals surface area contributed by atoms with Gasteiger partial charge in [-0.15, -0.1) is 0 Å². The predicted octanol–water partition coefficient (Wildman–Crippen LogP) is 2.23. The van der Waals surface area contributed by atoms with Gasteiger partial charge in [0.05, 0.1) is 5.60 Å². The first-order valence-electron chi connectivity index (χ1n) is 6.72. The second-order valence-corrected chi connectivity index (χ2v) is 6.91. The summed E-state index contributed by atoms with van der Waals surface area (Å²) in [5.41, 5.74) is 0.933. The quantitative estimate of drug-likeness (QED) is 0.885. The van der Waals surface area contributed by atoms with Crippen LogP contribution in [0.5, 0.6) is 0 Å². The summed E-state index contributed by atoms with van der Waals surface area (Å²) in [5, 5.41) is 10.6. The van der Waals surface area contributed by atoms with Crippen molar-refractivity contribution in [1.82, 2.24) is 4.90 Å². The van der Waals surface area contributed by atoms with Crippen molar-refractivity contribution in [1.29, 1.82) is 0 Å². The molecule has 0 aromatic heterocycles. The van der Waals surface area contributed by atoms with Crippen LogP contribution in [0.25, 0.3) is 0 Å². The van der Waals surface area contributed by atoms with E-state index in [1.165, 1.54) is 5.56 Å². The lowest BCUT2D eigenvalue weighted by Gasteiger charge is -2.51. The van der Waals surface area contributed by atoms with Gasteiger partial charge in [-0.3, -0.25) is 4.90 Å². The number of hydrogen-bond donors (Lipinski definition) is 1. The van der Waals surface area contributed by atoms with Gasteiger partial charge in [0.2, 0.25) is 0 Å². The third-order valence-corrected chi connectivity index (χ3v) is 5.77. The van der Waals surface area contributed by atoms with E-state index in [0.29, 0.717) is 11.8 Å². The SMILES string of the molecule is CC1(O)C2CSCC1CN(Cc1ccccc1)C2. The molecule has 0 aliphatic carbocycles. The molecule has 1 aromatic rings. The fourth-order valence-electron chi connectivity index (χ4n) is 3.17. The molecular weight excluding hydrogens is 242 g/mol. The van der Waals surface area contributed by atoms with Crippen molar-refractivity contribution >= 4 is 11.8 Å². The van der Waals surface area contributed by atoms with E-state index in [4.69, 9.17) is 0 Å². The zero-order valence-corrected chi connectivity index (χ0v) is 11.7. The van der Waals surface area contributed by atoms with Gasteiger partial charge in [0.15, 0.2) is 0 Å². The minimum absolute atomic E-state index is 0.429. The lowest BCUT2D eigenvalue weighted by molar-refractivity contribution is -0.0936. The minimum atomic E-state index is -0.446. The monoisotopic (exact) mass is 263 g/mol. The van der Waals surface area contributed by atoms with Crippen LogP contribution >= 0.6 is 11.8 Å². The average Bonchev–Trinajstić information content (AvgIpc) is 2.31. The van der Waals surface area contributed by atoms with Crippen LogP contribution in [0.3, 0.4) is 0 Å². The van der Waals surface area contributed by atoms with Crippen LogP contribution in [0.15, 0.2) is 30.3 Å². The summed E-state index contributed by atoms with van der Waals surface area (Å²) in [6.45, 7) is 5.13. The van der Waals surface area contributed by atoms with Crippen molar-refractivity contribution in [2.45, 2.75) is 19.1 Å². The number of hydrogen-bond acceptors (Lipinski definition) is 3. The molecule has 3 heteroatoms. The number of benzene rings is 1. The van der Waals surface area contributed by atoms with Crippen molar-refractivity contribution in [3.05, 3.63) is 35.9 Å². The van der Waals surface area contributed by atoms with E-state index in [-0.39, 0.29) is 0 Å².